The van der Waals surface area contributed by atoms with E-state index >= 15 is 0 Å². The molecule has 0 bridgehead atoms. The highest BCUT2D eigenvalue weighted by atomic mass is 35.5. The fraction of sp³-hybridized carbons (Fsp3) is 0.455. The Hall–Kier alpha value is -0.690. The summed E-state index contributed by atoms with van der Waals surface area (Å²) in [7, 11) is 0. The smallest absolute Gasteiger partial charge is 0.401 e. The number of benzene rings is 1. The van der Waals surface area contributed by atoms with Gasteiger partial charge in [-0.05, 0) is 12.1 Å². The molecular weight excluding hydrogens is 306 g/mol. The SMILES string of the molecule is OC(CNCC(F)(F)F)COc1cc(Cl)ccc1Cl. The van der Waals surface area contributed by atoms with Crippen LogP contribution >= 0.6 is 23.2 Å². The van der Waals surface area contributed by atoms with Crippen molar-refractivity contribution in [1.82, 2.24) is 5.32 Å². The molecule has 0 aromatic heterocycles. The number of nitrogens with one attached hydrogen (secondary N) is 1. The lowest BCUT2D eigenvalue weighted by Gasteiger charge is -2.15. The van der Waals surface area contributed by atoms with E-state index < -0.39 is 18.8 Å². The first kappa shape index (κ1) is 16.4. The minimum atomic E-state index is -4.31. The van der Waals surface area contributed by atoms with E-state index in [9.17, 15) is 18.3 Å². The first-order chi connectivity index (χ1) is 8.78. The van der Waals surface area contributed by atoms with Crippen molar-refractivity contribution >= 4 is 23.2 Å². The molecule has 1 rings (SSSR count). The number of rotatable bonds is 6. The van der Waals surface area contributed by atoms with Crippen LogP contribution in [0, 0.1) is 0 Å². The molecule has 2 N–H and O–H groups in total. The number of aliphatic hydroxyl groups excluding tert-OH is 1. The second-order valence-electron chi connectivity index (χ2n) is 3.79. The van der Waals surface area contributed by atoms with Gasteiger partial charge in [-0.25, -0.2) is 0 Å². The summed E-state index contributed by atoms with van der Waals surface area (Å²) >= 11 is 11.5. The molecule has 1 aromatic carbocycles. The average Bonchev–Trinajstić information content (AvgIpc) is 2.28. The number of hydrogen-bond donors (Lipinski definition) is 2. The zero-order valence-corrected chi connectivity index (χ0v) is 11.2. The fourth-order valence-electron chi connectivity index (χ4n) is 1.21. The molecule has 8 heteroatoms. The van der Waals surface area contributed by atoms with E-state index in [0.29, 0.717) is 10.0 Å². The van der Waals surface area contributed by atoms with Crippen molar-refractivity contribution in [2.75, 3.05) is 19.7 Å². The minimum absolute atomic E-state index is 0.190. The fourth-order valence-corrected chi connectivity index (χ4v) is 1.55. The van der Waals surface area contributed by atoms with Crippen molar-refractivity contribution in [2.45, 2.75) is 12.3 Å². The molecule has 0 spiro atoms. The van der Waals surface area contributed by atoms with Crippen molar-refractivity contribution in [3.8, 4) is 5.75 Å². The molecule has 108 valence electrons. The van der Waals surface area contributed by atoms with Crippen LogP contribution in [-0.4, -0.2) is 37.1 Å². The average molecular weight is 318 g/mol. The van der Waals surface area contributed by atoms with Gasteiger partial charge in [0.05, 0.1) is 11.6 Å². The summed E-state index contributed by atoms with van der Waals surface area (Å²) < 4.78 is 40.7. The standard InChI is InChI=1S/C11H12Cl2F3NO2/c12-7-1-2-9(13)10(3-7)19-5-8(18)4-17-6-11(14,15)16/h1-3,8,17-18H,4-6H2. The predicted octanol–water partition coefficient (Wildman–Crippen LogP) is 2.89. The van der Waals surface area contributed by atoms with Crippen LogP contribution in [0.15, 0.2) is 18.2 Å². The van der Waals surface area contributed by atoms with Gasteiger partial charge in [0.2, 0.25) is 0 Å². The van der Waals surface area contributed by atoms with Gasteiger partial charge >= 0.3 is 6.18 Å². The first-order valence-corrected chi connectivity index (χ1v) is 6.07. The number of ether oxygens (including phenoxy) is 1. The van der Waals surface area contributed by atoms with E-state index in [1.165, 1.54) is 12.1 Å². The van der Waals surface area contributed by atoms with Crippen molar-refractivity contribution in [3.05, 3.63) is 28.2 Å². The highest BCUT2D eigenvalue weighted by Crippen LogP contribution is 2.27. The molecule has 0 saturated carbocycles. The first-order valence-electron chi connectivity index (χ1n) is 5.31. The Morgan fingerprint density at radius 3 is 2.63 bits per heavy atom. The summed E-state index contributed by atoms with van der Waals surface area (Å²) in [6.45, 7) is -1.59. The monoisotopic (exact) mass is 317 g/mol. The topological polar surface area (TPSA) is 41.5 Å². The zero-order chi connectivity index (χ0) is 14.5. The second-order valence-corrected chi connectivity index (χ2v) is 4.63. The van der Waals surface area contributed by atoms with Crippen LogP contribution in [-0.2, 0) is 0 Å². The third kappa shape index (κ3) is 6.87. The molecule has 0 saturated heterocycles. The molecule has 0 heterocycles. The Labute approximate surface area is 118 Å². The summed E-state index contributed by atoms with van der Waals surface area (Å²) in [6.07, 6.45) is -5.39. The van der Waals surface area contributed by atoms with Gasteiger partial charge in [-0.1, -0.05) is 23.2 Å². The van der Waals surface area contributed by atoms with E-state index in [0.717, 1.165) is 0 Å². The predicted molar refractivity (Wildman–Crippen MR) is 66.9 cm³/mol. The molecule has 1 atom stereocenters. The molecule has 0 amide bonds. The highest BCUT2D eigenvalue weighted by molar-refractivity contribution is 6.34. The summed E-state index contributed by atoms with van der Waals surface area (Å²) in [6, 6.07) is 4.55. The van der Waals surface area contributed by atoms with Gasteiger partial charge in [0.25, 0.3) is 0 Å². The number of alkyl halides is 3. The van der Waals surface area contributed by atoms with E-state index in [4.69, 9.17) is 27.9 Å². The number of halogens is 5. The van der Waals surface area contributed by atoms with E-state index in [-0.39, 0.29) is 18.9 Å². The van der Waals surface area contributed by atoms with E-state index in [2.05, 4.69) is 5.32 Å². The second kappa shape index (κ2) is 7.19. The lowest BCUT2D eigenvalue weighted by Crippen LogP contribution is -2.37. The van der Waals surface area contributed by atoms with Crippen LogP contribution < -0.4 is 10.1 Å². The van der Waals surface area contributed by atoms with Crippen molar-refractivity contribution in [2.24, 2.45) is 0 Å². The molecule has 1 aromatic rings. The van der Waals surface area contributed by atoms with Crippen molar-refractivity contribution < 1.29 is 23.0 Å². The molecule has 0 aliphatic rings. The molecule has 0 fully saturated rings. The summed E-state index contributed by atoms with van der Waals surface area (Å²) in [4.78, 5) is 0. The van der Waals surface area contributed by atoms with Gasteiger partial charge < -0.3 is 15.2 Å². The molecule has 3 nitrogen and oxygen atoms in total. The Bertz CT molecular complexity index is 415. The van der Waals surface area contributed by atoms with Gasteiger partial charge in [-0.3, -0.25) is 0 Å². The minimum Gasteiger partial charge on any atom is -0.489 e. The maximum absolute atomic E-state index is 11.8. The molecular formula is C11H12Cl2F3NO2. The third-order valence-electron chi connectivity index (χ3n) is 2.03. The van der Waals surface area contributed by atoms with Crippen LogP contribution in [0.2, 0.25) is 10.0 Å². The molecule has 0 aliphatic carbocycles. The Balaban J connectivity index is 2.34. The van der Waals surface area contributed by atoms with Crippen LogP contribution in [0.4, 0.5) is 13.2 Å². The van der Waals surface area contributed by atoms with Crippen molar-refractivity contribution in [3.63, 3.8) is 0 Å². The van der Waals surface area contributed by atoms with Crippen LogP contribution in [0.3, 0.4) is 0 Å². The van der Waals surface area contributed by atoms with Gasteiger partial charge in [0.15, 0.2) is 0 Å². The van der Waals surface area contributed by atoms with Crippen LogP contribution in [0.25, 0.3) is 0 Å². The number of hydrogen-bond acceptors (Lipinski definition) is 3. The normalized spacial score (nSPS) is 13.4. The van der Waals surface area contributed by atoms with Crippen LogP contribution in [0.5, 0.6) is 5.75 Å². The third-order valence-corrected chi connectivity index (χ3v) is 2.58. The summed E-state index contributed by atoms with van der Waals surface area (Å²) in [5, 5.41) is 12.2. The molecule has 1 unspecified atom stereocenters. The summed E-state index contributed by atoms with van der Waals surface area (Å²) in [5.74, 6) is 0.268. The highest BCUT2D eigenvalue weighted by Gasteiger charge is 2.26. The number of aliphatic hydroxyl groups is 1. The molecule has 19 heavy (non-hydrogen) atoms. The van der Waals surface area contributed by atoms with E-state index in [1.807, 2.05) is 0 Å². The Morgan fingerprint density at radius 1 is 1.32 bits per heavy atom. The Morgan fingerprint density at radius 2 is 2.00 bits per heavy atom. The molecule has 0 aliphatic heterocycles. The van der Waals surface area contributed by atoms with Gasteiger partial charge in [-0.2, -0.15) is 13.2 Å². The maximum atomic E-state index is 11.8. The quantitative estimate of drug-likeness (QED) is 0.847. The van der Waals surface area contributed by atoms with Gasteiger partial charge in [0.1, 0.15) is 18.5 Å². The van der Waals surface area contributed by atoms with Crippen molar-refractivity contribution in [1.29, 1.82) is 0 Å². The largest absolute Gasteiger partial charge is 0.489 e. The van der Waals surface area contributed by atoms with Gasteiger partial charge in [0, 0.05) is 17.6 Å². The Kier molecular flexibility index (Phi) is 6.19. The van der Waals surface area contributed by atoms with Crippen LogP contribution in [0.1, 0.15) is 0 Å². The lowest BCUT2D eigenvalue weighted by atomic mass is 10.3. The van der Waals surface area contributed by atoms with Gasteiger partial charge in [-0.15, -0.1) is 0 Å². The zero-order valence-electron chi connectivity index (χ0n) is 9.68. The maximum Gasteiger partial charge on any atom is 0.401 e. The lowest BCUT2D eigenvalue weighted by molar-refractivity contribution is -0.125. The van der Waals surface area contributed by atoms with E-state index in [1.54, 1.807) is 6.07 Å². The summed E-state index contributed by atoms with van der Waals surface area (Å²) in [5.41, 5.74) is 0. The molecule has 0 radical (unpaired) electrons.